The van der Waals surface area contributed by atoms with Gasteiger partial charge >= 0.3 is 0 Å². The number of fused-ring (bicyclic) bond motifs is 1. The van der Waals surface area contributed by atoms with E-state index in [4.69, 9.17) is 0 Å². The molecule has 1 N–H and O–H groups in total. The van der Waals surface area contributed by atoms with Gasteiger partial charge in [-0.15, -0.1) is 11.3 Å². The third-order valence-electron chi connectivity index (χ3n) is 4.14. The number of hydrogen-bond donors (Lipinski definition) is 1. The highest BCUT2D eigenvalue weighted by atomic mass is 32.1. The molecule has 0 aliphatic carbocycles. The first-order chi connectivity index (χ1) is 11.8. The topological polar surface area (TPSA) is 45.2 Å². The van der Waals surface area contributed by atoms with Crippen LogP contribution in [0.5, 0.6) is 0 Å². The zero-order valence-corrected chi connectivity index (χ0v) is 13.9. The highest BCUT2D eigenvalue weighted by molar-refractivity contribution is 7.12. The van der Waals surface area contributed by atoms with Crippen molar-refractivity contribution < 1.29 is 4.79 Å². The van der Waals surface area contributed by atoms with E-state index in [9.17, 15) is 4.79 Å². The number of carbonyl (C=O) groups is 1. The molecule has 0 spiro atoms. The summed E-state index contributed by atoms with van der Waals surface area (Å²) in [5.74, 6) is 0.819. The quantitative estimate of drug-likeness (QED) is 0.767. The molecule has 3 aromatic rings. The first-order valence-electron chi connectivity index (χ1n) is 7.97. The summed E-state index contributed by atoms with van der Waals surface area (Å²) in [5, 5.41) is 4.78. The van der Waals surface area contributed by atoms with Crippen LogP contribution in [0.1, 0.15) is 21.7 Å². The van der Waals surface area contributed by atoms with Crippen molar-refractivity contribution in [2.24, 2.45) is 0 Å². The summed E-state index contributed by atoms with van der Waals surface area (Å²) in [6.45, 7) is 0.963. The smallest absolute Gasteiger partial charge is 0.265 e. The molecule has 1 aliphatic heterocycles. The molecule has 1 aliphatic rings. The van der Waals surface area contributed by atoms with Crippen LogP contribution in [-0.2, 0) is 6.42 Å². The second-order valence-corrected chi connectivity index (χ2v) is 6.67. The molecule has 0 unspecified atom stereocenters. The van der Waals surface area contributed by atoms with Gasteiger partial charge in [0.1, 0.15) is 5.82 Å². The van der Waals surface area contributed by atoms with E-state index in [1.54, 1.807) is 6.20 Å². The van der Waals surface area contributed by atoms with Crippen LogP contribution in [0.3, 0.4) is 0 Å². The number of rotatable bonds is 3. The molecule has 1 aromatic carbocycles. The minimum absolute atomic E-state index is 0.0946. The number of nitrogens with zero attached hydrogens (tertiary/aromatic N) is 2. The summed E-state index contributed by atoms with van der Waals surface area (Å²) in [6, 6.07) is 16.0. The van der Waals surface area contributed by atoms with Gasteiger partial charge in [-0.25, -0.2) is 4.98 Å². The van der Waals surface area contributed by atoms with E-state index < -0.39 is 0 Å². The number of amides is 1. The van der Waals surface area contributed by atoms with Crippen molar-refractivity contribution in [3.8, 4) is 0 Å². The largest absolute Gasteiger partial charge is 0.326 e. The van der Waals surface area contributed by atoms with Crippen LogP contribution in [-0.4, -0.2) is 17.4 Å². The number of para-hydroxylation sites is 1. The molecule has 0 saturated heterocycles. The Bertz CT molecular complexity index is 843. The van der Waals surface area contributed by atoms with E-state index in [1.807, 2.05) is 29.6 Å². The number of benzene rings is 1. The summed E-state index contributed by atoms with van der Waals surface area (Å²) >= 11 is 1.43. The Kier molecular flexibility index (Phi) is 4.01. The van der Waals surface area contributed by atoms with Crippen LogP contribution >= 0.6 is 11.3 Å². The third-order valence-corrected chi connectivity index (χ3v) is 5.01. The van der Waals surface area contributed by atoms with Crippen LogP contribution in [0.2, 0.25) is 0 Å². The van der Waals surface area contributed by atoms with Crippen molar-refractivity contribution in [1.82, 2.24) is 4.98 Å². The molecule has 4 nitrogen and oxygen atoms in total. The lowest BCUT2D eigenvalue weighted by molar-refractivity contribution is 0.103. The van der Waals surface area contributed by atoms with Crippen molar-refractivity contribution in [2.75, 3.05) is 16.8 Å². The predicted octanol–water partition coefficient (Wildman–Crippen LogP) is 4.48. The van der Waals surface area contributed by atoms with Crippen molar-refractivity contribution >= 4 is 34.4 Å². The van der Waals surface area contributed by atoms with E-state index in [1.165, 1.54) is 22.6 Å². The average Bonchev–Trinajstić information content (AvgIpc) is 3.17. The van der Waals surface area contributed by atoms with E-state index in [0.717, 1.165) is 25.2 Å². The van der Waals surface area contributed by atoms with Gasteiger partial charge < -0.3 is 10.2 Å². The number of thiophene rings is 1. The Balaban J connectivity index is 1.54. The van der Waals surface area contributed by atoms with Crippen LogP contribution in [0.25, 0.3) is 0 Å². The lowest BCUT2D eigenvalue weighted by Gasteiger charge is -2.30. The maximum Gasteiger partial charge on any atom is 0.265 e. The fraction of sp³-hybridized carbons (Fsp3) is 0.158. The molecule has 0 bridgehead atoms. The predicted molar refractivity (Wildman–Crippen MR) is 98.3 cm³/mol. The van der Waals surface area contributed by atoms with Crippen molar-refractivity contribution in [2.45, 2.75) is 12.8 Å². The molecule has 1 amide bonds. The Morgan fingerprint density at radius 3 is 2.83 bits per heavy atom. The summed E-state index contributed by atoms with van der Waals surface area (Å²) in [6.07, 6.45) is 3.95. The van der Waals surface area contributed by atoms with Gasteiger partial charge in [0.15, 0.2) is 0 Å². The molecular formula is C19H17N3OS. The van der Waals surface area contributed by atoms with Gasteiger partial charge in [0, 0.05) is 12.2 Å². The zero-order chi connectivity index (χ0) is 16.4. The van der Waals surface area contributed by atoms with E-state index in [2.05, 4.69) is 39.5 Å². The Morgan fingerprint density at radius 1 is 1.12 bits per heavy atom. The number of carbonyl (C=O) groups excluding carboxylic acids is 1. The van der Waals surface area contributed by atoms with Gasteiger partial charge in [0.25, 0.3) is 5.91 Å². The normalized spacial score (nSPS) is 13.4. The number of anilines is 3. The first kappa shape index (κ1) is 14.9. The van der Waals surface area contributed by atoms with E-state index in [0.29, 0.717) is 10.6 Å². The minimum atomic E-state index is -0.0946. The summed E-state index contributed by atoms with van der Waals surface area (Å²) in [7, 11) is 0. The van der Waals surface area contributed by atoms with E-state index in [-0.39, 0.29) is 5.91 Å². The van der Waals surface area contributed by atoms with Crippen molar-refractivity contribution in [3.05, 3.63) is 70.5 Å². The van der Waals surface area contributed by atoms with Gasteiger partial charge in [-0.1, -0.05) is 24.3 Å². The Morgan fingerprint density at radius 2 is 2.04 bits per heavy atom. The molecule has 0 radical (unpaired) electrons. The average molecular weight is 335 g/mol. The molecule has 4 rings (SSSR count). The number of nitrogens with one attached hydrogen (secondary N) is 1. The van der Waals surface area contributed by atoms with Crippen LogP contribution in [0, 0.1) is 0 Å². The summed E-state index contributed by atoms with van der Waals surface area (Å²) in [4.78, 5) is 19.6. The fourth-order valence-electron chi connectivity index (χ4n) is 2.99. The standard InChI is InChI=1S/C19H17N3OS/c23-19(17-8-4-12-24-17)21-15-9-10-18(20-13-15)22-11-3-6-14-5-1-2-7-16(14)22/h1-2,4-5,7-10,12-13H,3,6,11H2,(H,21,23). The minimum Gasteiger partial charge on any atom is -0.326 e. The lowest BCUT2D eigenvalue weighted by atomic mass is 10.0. The van der Waals surface area contributed by atoms with Gasteiger partial charge in [-0.05, 0) is 48.1 Å². The highest BCUT2D eigenvalue weighted by Gasteiger charge is 2.18. The molecule has 3 heterocycles. The van der Waals surface area contributed by atoms with Gasteiger partial charge in [0.05, 0.1) is 16.8 Å². The highest BCUT2D eigenvalue weighted by Crippen LogP contribution is 2.32. The number of hydrogen-bond acceptors (Lipinski definition) is 4. The molecule has 0 atom stereocenters. The second kappa shape index (κ2) is 6.45. The lowest BCUT2D eigenvalue weighted by Crippen LogP contribution is -2.25. The van der Waals surface area contributed by atoms with Crippen LogP contribution < -0.4 is 10.2 Å². The first-order valence-corrected chi connectivity index (χ1v) is 8.85. The fourth-order valence-corrected chi connectivity index (χ4v) is 3.61. The molecule has 0 saturated carbocycles. The molecule has 0 fully saturated rings. The zero-order valence-electron chi connectivity index (χ0n) is 13.1. The van der Waals surface area contributed by atoms with Crippen molar-refractivity contribution in [1.29, 1.82) is 0 Å². The van der Waals surface area contributed by atoms with Gasteiger partial charge in [-0.2, -0.15) is 0 Å². The SMILES string of the molecule is O=C(Nc1ccc(N2CCCc3ccccc32)nc1)c1cccs1. The molecule has 120 valence electrons. The Hall–Kier alpha value is -2.66. The molecule has 2 aromatic heterocycles. The molecular weight excluding hydrogens is 318 g/mol. The van der Waals surface area contributed by atoms with Crippen LogP contribution in [0.15, 0.2) is 60.1 Å². The van der Waals surface area contributed by atoms with Gasteiger partial charge in [0.2, 0.25) is 0 Å². The van der Waals surface area contributed by atoms with Crippen LogP contribution in [0.4, 0.5) is 17.2 Å². The second-order valence-electron chi connectivity index (χ2n) is 5.72. The van der Waals surface area contributed by atoms with Gasteiger partial charge in [-0.3, -0.25) is 4.79 Å². The van der Waals surface area contributed by atoms with E-state index >= 15 is 0 Å². The van der Waals surface area contributed by atoms with Crippen molar-refractivity contribution in [3.63, 3.8) is 0 Å². The third kappa shape index (κ3) is 2.90. The number of aromatic nitrogens is 1. The number of pyridine rings is 1. The maximum absolute atomic E-state index is 12.1. The summed E-state index contributed by atoms with van der Waals surface area (Å²) in [5.41, 5.74) is 3.30. The summed E-state index contributed by atoms with van der Waals surface area (Å²) < 4.78 is 0. The molecule has 24 heavy (non-hydrogen) atoms. The molecule has 5 heteroatoms. The monoisotopic (exact) mass is 335 g/mol. The Labute approximate surface area is 144 Å². The number of aryl methyl sites for hydroxylation is 1. The maximum atomic E-state index is 12.1.